The minimum atomic E-state index is -0.296. The van der Waals surface area contributed by atoms with Crippen molar-refractivity contribution >= 4 is 16.9 Å². The van der Waals surface area contributed by atoms with Crippen molar-refractivity contribution in [2.24, 2.45) is 0 Å². The predicted octanol–water partition coefficient (Wildman–Crippen LogP) is 2.29. The molecule has 7 nitrogen and oxygen atoms in total. The summed E-state index contributed by atoms with van der Waals surface area (Å²) >= 11 is 0. The fraction of sp³-hybridized carbons (Fsp3) is 0.294. The molecule has 122 valence electrons. The quantitative estimate of drug-likeness (QED) is 0.745. The van der Waals surface area contributed by atoms with Crippen molar-refractivity contribution in [3.63, 3.8) is 0 Å². The van der Waals surface area contributed by atoms with Gasteiger partial charge in [-0.1, -0.05) is 6.07 Å². The number of rotatable bonds is 4. The fourth-order valence-electron chi connectivity index (χ4n) is 2.86. The van der Waals surface area contributed by atoms with Crippen molar-refractivity contribution in [1.82, 2.24) is 25.2 Å². The maximum absolute atomic E-state index is 12.4. The van der Waals surface area contributed by atoms with Gasteiger partial charge in [-0.2, -0.15) is 9.78 Å². The second kappa shape index (κ2) is 5.68. The van der Waals surface area contributed by atoms with Crippen molar-refractivity contribution < 1.29 is 9.63 Å². The smallest absolute Gasteiger partial charge is 0.275 e. The molecule has 1 amide bonds. The molecule has 1 saturated carbocycles. The molecular formula is C17H17N5O2. The van der Waals surface area contributed by atoms with E-state index in [1.54, 1.807) is 10.9 Å². The molecule has 1 aliphatic carbocycles. The SMILES string of the molecule is CONC(=O)c1cc(C2CC2)nc2c1c(C)nn2-c1ccccn1. The summed E-state index contributed by atoms with van der Waals surface area (Å²) in [7, 11) is 1.42. The van der Waals surface area contributed by atoms with Gasteiger partial charge in [-0.25, -0.2) is 15.4 Å². The van der Waals surface area contributed by atoms with Crippen molar-refractivity contribution in [3.05, 3.63) is 47.4 Å². The van der Waals surface area contributed by atoms with Crippen LogP contribution < -0.4 is 5.48 Å². The van der Waals surface area contributed by atoms with Gasteiger partial charge in [-0.05, 0) is 38.0 Å². The molecule has 0 saturated heterocycles. The maximum atomic E-state index is 12.4. The predicted molar refractivity (Wildman–Crippen MR) is 87.8 cm³/mol. The first-order valence-corrected chi connectivity index (χ1v) is 7.84. The Bertz CT molecular complexity index is 916. The molecule has 3 heterocycles. The van der Waals surface area contributed by atoms with Crippen LogP contribution >= 0.6 is 0 Å². The summed E-state index contributed by atoms with van der Waals surface area (Å²) in [6.45, 7) is 1.86. The average molecular weight is 323 g/mol. The van der Waals surface area contributed by atoms with Crippen molar-refractivity contribution in [2.75, 3.05) is 7.11 Å². The van der Waals surface area contributed by atoms with E-state index in [1.165, 1.54) is 7.11 Å². The number of fused-ring (bicyclic) bond motifs is 1. The van der Waals surface area contributed by atoms with Crippen LogP contribution in [-0.2, 0) is 4.84 Å². The summed E-state index contributed by atoms with van der Waals surface area (Å²) in [6.07, 6.45) is 3.91. The normalized spacial score (nSPS) is 14.1. The first-order chi connectivity index (χ1) is 11.7. The number of carbonyl (C=O) groups excluding carboxylic acids is 1. The van der Waals surface area contributed by atoms with Gasteiger partial charge in [0.25, 0.3) is 5.91 Å². The van der Waals surface area contributed by atoms with Crippen molar-refractivity contribution in [2.45, 2.75) is 25.7 Å². The number of pyridine rings is 2. The third-order valence-corrected chi connectivity index (χ3v) is 4.13. The number of hydrogen-bond acceptors (Lipinski definition) is 5. The zero-order chi connectivity index (χ0) is 16.7. The summed E-state index contributed by atoms with van der Waals surface area (Å²) < 4.78 is 1.69. The van der Waals surface area contributed by atoms with Crippen LogP contribution in [0.15, 0.2) is 30.5 Å². The summed E-state index contributed by atoms with van der Waals surface area (Å²) in [5, 5.41) is 5.28. The molecule has 0 spiro atoms. The van der Waals surface area contributed by atoms with Gasteiger partial charge >= 0.3 is 0 Å². The highest BCUT2D eigenvalue weighted by molar-refractivity contribution is 6.06. The molecule has 3 aromatic rings. The van der Waals surface area contributed by atoms with Crippen LogP contribution in [0, 0.1) is 6.92 Å². The van der Waals surface area contributed by atoms with E-state index >= 15 is 0 Å². The standard InChI is InChI=1S/C17H17N5O2/c1-10-15-12(17(23)21-24-2)9-13(11-6-7-11)19-16(15)22(20-10)14-5-3-4-8-18-14/h3-5,8-9,11H,6-7H2,1-2H3,(H,21,23). The Morgan fingerprint density at radius 3 is 2.88 bits per heavy atom. The summed E-state index contributed by atoms with van der Waals surface area (Å²) in [5.74, 6) is 0.792. The number of nitrogens with zero attached hydrogens (tertiary/aromatic N) is 4. The van der Waals surface area contributed by atoms with Crippen LogP contribution in [0.3, 0.4) is 0 Å². The first kappa shape index (κ1) is 14.8. The highest BCUT2D eigenvalue weighted by atomic mass is 16.6. The fourth-order valence-corrected chi connectivity index (χ4v) is 2.86. The largest absolute Gasteiger partial charge is 0.277 e. The lowest BCUT2D eigenvalue weighted by Crippen LogP contribution is -2.22. The number of hydrogen-bond donors (Lipinski definition) is 1. The highest BCUT2D eigenvalue weighted by Crippen LogP contribution is 2.40. The summed E-state index contributed by atoms with van der Waals surface area (Å²) in [4.78, 5) is 26.4. The van der Waals surface area contributed by atoms with Gasteiger partial charge < -0.3 is 0 Å². The number of aryl methyl sites for hydroxylation is 1. The molecule has 3 aromatic heterocycles. The molecule has 1 fully saturated rings. The number of nitrogens with one attached hydrogen (secondary N) is 1. The average Bonchev–Trinajstić information content (AvgIpc) is 3.40. The van der Waals surface area contributed by atoms with E-state index in [9.17, 15) is 4.79 Å². The van der Waals surface area contributed by atoms with E-state index in [0.29, 0.717) is 22.9 Å². The van der Waals surface area contributed by atoms with E-state index in [-0.39, 0.29) is 5.91 Å². The third-order valence-electron chi connectivity index (χ3n) is 4.13. The molecule has 7 heteroatoms. The third kappa shape index (κ3) is 2.43. The van der Waals surface area contributed by atoms with E-state index in [4.69, 9.17) is 9.82 Å². The van der Waals surface area contributed by atoms with Gasteiger partial charge in [-0.3, -0.25) is 9.63 Å². The molecule has 1 N–H and O–H groups in total. The minimum Gasteiger partial charge on any atom is -0.277 e. The van der Waals surface area contributed by atoms with Crippen LogP contribution in [0.2, 0.25) is 0 Å². The number of hydroxylamine groups is 1. The molecule has 0 radical (unpaired) electrons. The molecule has 0 aliphatic heterocycles. The van der Waals surface area contributed by atoms with Gasteiger partial charge in [0.05, 0.1) is 23.8 Å². The molecule has 0 atom stereocenters. The zero-order valence-corrected chi connectivity index (χ0v) is 13.5. The van der Waals surface area contributed by atoms with Crippen molar-refractivity contribution in [1.29, 1.82) is 0 Å². The number of amides is 1. The molecular weight excluding hydrogens is 306 g/mol. The summed E-state index contributed by atoms with van der Waals surface area (Å²) in [6, 6.07) is 7.47. The van der Waals surface area contributed by atoms with E-state index in [2.05, 4.69) is 15.6 Å². The van der Waals surface area contributed by atoms with E-state index in [1.807, 2.05) is 31.2 Å². The Labute approximate surface area is 138 Å². The molecule has 4 rings (SSSR count). The Morgan fingerprint density at radius 2 is 2.21 bits per heavy atom. The van der Waals surface area contributed by atoms with Crippen LogP contribution in [0.4, 0.5) is 0 Å². The number of carbonyl (C=O) groups is 1. The molecule has 1 aliphatic rings. The Morgan fingerprint density at radius 1 is 1.38 bits per heavy atom. The lowest BCUT2D eigenvalue weighted by Gasteiger charge is -2.08. The van der Waals surface area contributed by atoms with Crippen LogP contribution in [-0.4, -0.2) is 32.8 Å². The lowest BCUT2D eigenvalue weighted by molar-refractivity contribution is 0.0539. The van der Waals surface area contributed by atoms with Gasteiger partial charge in [0.15, 0.2) is 11.5 Å². The summed E-state index contributed by atoms with van der Waals surface area (Å²) in [5.41, 5.74) is 5.22. The van der Waals surface area contributed by atoms with Gasteiger partial charge in [0, 0.05) is 17.8 Å². The zero-order valence-electron chi connectivity index (χ0n) is 13.5. The van der Waals surface area contributed by atoms with Gasteiger partial charge in [-0.15, -0.1) is 0 Å². The van der Waals surface area contributed by atoms with Crippen LogP contribution in [0.1, 0.15) is 40.5 Å². The molecule has 24 heavy (non-hydrogen) atoms. The van der Waals surface area contributed by atoms with Gasteiger partial charge in [0.1, 0.15) is 0 Å². The number of aromatic nitrogens is 4. The van der Waals surface area contributed by atoms with E-state index < -0.39 is 0 Å². The topological polar surface area (TPSA) is 81.9 Å². The molecule has 0 unspecified atom stereocenters. The van der Waals surface area contributed by atoms with E-state index in [0.717, 1.165) is 29.6 Å². The Balaban J connectivity index is 1.98. The highest BCUT2D eigenvalue weighted by Gasteiger charge is 2.29. The molecule has 0 aromatic carbocycles. The molecule has 0 bridgehead atoms. The van der Waals surface area contributed by atoms with Crippen LogP contribution in [0.5, 0.6) is 0 Å². The minimum absolute atomic E-state index is 0.296. The van der Waals surface area contributed by atoms with Crippen LogP contribution in [0.25, 0.3) is 16.9 Å². The van der Waals surface area contributed by atoms with Crippen molar-refractivity contribution in [3.8, 4) is 5.82 Å². The first-order valence-electron chi connectivity index (χ1n) is 7.84. The monoisotopic (exact) mass is 323 g/mol. The Kier molecular flexibility index (Phi) is 3.50. The Hall–Kier alpha value is -2.80. The lowest BCUT2D eigenvalue weighted by atomic mass is 10.1. The second-order valence-electron chi connectivity index (χ2n) is 5.89. The maximum Gasteiger partial charge on any atom is 0.275 e. The van der Waals surface area contributed by atoms with Gasteiger partial charge in [0.2, 0.25) is 0 Å². The second-order valence-corrected chi connectivity index (χ2v) is 5.89.